The first-order chi connectivity index (χ1) is 7.06. The van der Waals surface area contributed by atoms with Crippen LogP contribution >= 0.6 is 0 Å². The van der Waals surface area contributed by atoms with Crippen LogP contribution in [0.3, 0.4) is 0 Å². The number of carbonyl (C=O) groups is 1. The molecule has 1 N–H and O–H groups in total. The highest BCUT2D eigenvalue weighted by Gasteiger charge is 2.25. The van der Waals surface area contributed by atoms with Gasteiger partial charge in [0.15, 0.2) is 0 Å². The van der Waals surface area contributed by atoms with Crippen molar-refractivity contribution in [1.29, 1.82) is 0 Å². The number of ether oxygens (including phenoxy) is 1. The molecule has 0 aliphatic heterocycles. The Balaban J connectivity index is 4.14. The Morgan fingerprint density at radius 3 is 2.27 bits per heavy atom. The lowest BCUT2D eigenvalue weighted by Gasteiger charge is -2.26. The van der Waals surface area contributed by atoms with Crippen molar-refractivity contribution in [3.8, 4) is 0 Å². The van der Waals surface area contributed by atoms with Gasteiger partial charge in [0.1, 0.15) is 0 Å². The predicted molar refractivity (Wildman–Crippen MR) is 60.5 cm³/mol. The fraction of sp³-hybridized carbons (Fsp3) is 0.917. The van der Waals surface area contributed by atoms with Gasteiger partial charge in [0.05, 0.1) is 19.1 Å². The highest BCUT2D eigenvalue weighted by molar-refractivity contribution is 5.69. The lowest BCUT2D eigenvalue weighted by molar-refractivity contribution is -0.146. The predicted octanol–water partition coefficient (Wildman–Crippen LogP) is 2.37. The van der Waals surface area contributed by atoms with Gasteiger partial charge < -0.3 is 9.84 Å². The third kappa shape index (κ3) is 5.17. The van der Waals surface area contributed by atoms with Crippen molar-refractivity contribution in [2.75, 3.05) is 6.61 Å². The van der Waals surface area contributed by atoms with Crippen molar-refractivity contribution < 1.29 is 14.6 Å². The molecule has 0 spiro atoms. The summed E-state index contributed by atoms with van der Waals surface area (Å²) in [4.78, 5) is 11.2. The zero-order valence-electron chi connectivity index (χ0n) is 10.3. The van der Waals surface area contributed by atoms with Crippen LogP contribution in [0, 0.1) is 11.8 Å². The molecule has 0 heterocycles. The lowest BCUT2D eigenvalue weighted by Crippen LogP contribution is -2.28. The molecule has 0 aromatic heterocycles. The quantitative estimate of drug-likeness (QED) is 0.665. The Hall–Kier alpha value is -0.570. The molecule has 0 aromatic rings. The summed E-state index contributed by atoms with van der Waals surface area (Å²) in [7, 11) is 0. The molecule has 0 amide bonds. The summed E-state index contributed by atoms with van der Waals surface area (Å²) in [5.74, 6) is 0.339. The number of carbonyl (C=O) groups excluding carboxylic acids is 1. The van der Waals surface area contributed by atoms with E-state index in [1.54, 1.807) is 6.92 Å². The van der Waals surface area contributed by atoms with Crippen LogP contribution in [-0.4, -0.2) is 23.8 Å². The summed E-state index contributed by atoms with van der Waals surface area (Å²) in [5, 5.41) is 9.91. The van der Waals surface area contributed by atoms with Gasteiger partial charge in [-0.05, 0) is 18.8 Å². The van der Waals surface area contributed by atoms with Crippen LogP contribution < -0.4 is 0 Å². The fourth-order valence-corrected chi connectivity index (χ4v) is 1.90. The molecule has 0 saturated heterocycles. The minimum Gasteiger partial charge on any atom is -0.466 e. The van der Waals surface area contributed by atoms with E-state index in [2.05, 4.69) is 13.8 Å². The molecule has 15 heavy (non-hydrogen) atoms. The summed E-state index contributed by atoms with van der Waals surface area (Å²) >= 11 is 0. The SMILES string of the molecule is CCOC(=O)C[C@@H](O)[C@@H](CC)[C@@H](C)CC. The highest BCUT2D eigenvalue weighted by atomic mass is 16.5. The molecule has 0 bridgehead atoms. The number of rotatable bonds is 7. The van der Waals surface area contributed by atoms with E-state index in [0.717, 1.165) is 12.8 Å². The van der Waals surface area contributed by atoms with Crippen LogP contribution in [0.2, 0.25) is 0 Å². The minimum atomic E-state index is -0.566. The Morgan fingerprint density at radius 2 is 1.87 bits per heavy atom. The van der Waals surface area contributed by atoms with Gasteiger partial charge in [-0.2, -0.15) is 0 Å². The third-order valence-corrected chi connectivity index (χ3v) is 3.02. The monoisotopic (exact) mass is 216 g/mol. The molecule has 0 unspecified atom stereocenters. The summed E-state index contributed by atoms with van der Waals surface area (Å²) < 4.78 is 4.82. The van der Waals surface area contributed by atoms with Gasteiger partial charge >= 0.3 is 5.97 Å². The first kappa shape index (κ1) is 14.4. The van der Waals surface area contributed by atoms with Crippen LogP contribution in [0.5, 0.6) is 0 Å². The summed E-state index contributed by atoms with van der Waals surface area (Å²) in [6, 6.07) is 0. The first-order valence-electron chi connectivity index (χ1n) is 5.90. The van der Waals surface area contributed by atoms with Crippen molar-refractivity contribution in [3.05, 3.63) is 0 Å². The van der Waals surface area contributed by atoms with Gasteiger partial charge in [0.2, 0.25) is 0 Å². The summed E-state index contributed by atoms with van der Waals surface area (Å²) in [5.41, 5.74) is 0. The smallest absolute Gasteiger partial charge is 0.308 e. The normalized spacial score (nSPS) is 16.9. The average Bonchev–Trinajstić information content (AvgIpc) is 2.18. The first-order valence-corrected chi connectivity index (χ1v) is 5.90. The van der Waals surface area contributed by atoms with Gasteiger partial charge in [-0.3, -0.25) is 4.79 Å². The molecule has 0 rings (SSSR count). The van der Waals surface area contributed by atoms with E-state index in [-0.39, 0.29) is 18.3 Å². The van der Waals surface area contributed by atoms with E-state index in [9.17, 15) is 9.90 Å². The van der Waals surface area contributed by atoms with Crippen molar-refractivity contribution in [2.45, 2.75) is 53.1 Å². The minimum absolute atomic E-state index is 0.122. The molecular weight excluding hydrogens is 192 g/mol. The topological polar surface area (TPSA) is 46.5 Å². The molecular formula is C12H24O3. The Bertz CT molecular complexity index is 180. The molecule has 3 nitrogen and oxygen atoms in total. The average molecular weight is 216 g/mol. The highest BCUT2D eigenvalue weighted by Crippen LogP contribution is 2.24. The maximum Gasteiger partial charge on any atom is 0.308 e. The number of hydrogen-bond acceptors (Lipinski definition) is 3. The van der Waals surface area contributed by atoms with Crippen LogP contribution in [0.1, 0.15) is 47.0 Å². The van der Waals surface area contributed by atoms with Gasteiger partial charge in [-0.1, -0.05) is 33.6 Å². The summed E-state index contributed by atoms with van der Waals surface area (Å²) in [6.07, 6.45) is 1.48. The standard InChI is InChI=1S/C12H24O3/c1-5-9(4)10(6-2)11(13)8-12(14)15-7-3/h9-11,13H,5-8H2,1-4H3/t9-,10-,11+/m0/s1. The second-order valence-corrected chi connectivity index (χ2v) is 4.03. The molecule has 0 aliphatic rings. The number of aliphatic hydroxyl groups excluding tert-OH is 1. The molecule has 90 valence electrons. The molecule has 0 aliphatic carbocycles. The van der Waals surface area contributed by atoms with Crippen LogP contribution in [0.4, 0.5) is 0 Å². The third-order valence-electron chi connectivity index (χ3n) is 3.02. The van der Waals surface area contributed by atoms with Crippen LogP contribution in [-0.2, 0) is 9.53 Å². The number of esters is 1. The Kier molecular flexibility index (Phi) is 7.39. The van der Waals surface area contributed by atoms with Crippen molar-refractivity contribution in [1.82, 2.24) is 0 Å². The largest absolute Gasteiger partial charge is 0.466 e. The number of hydrogen-bond donors (Lipinski definition) is 1. The van der Waals surface area contributed by atoms with Gasteiger partial charge in [-0.15, -0.1) is 0 Å². The molecule has 0 saturated carbocycles. The second-order valence-electron chi connectivity index (χ2n) is 4.03. The van der Waals surface area contributed by atoms with Crippen molar-refractivity contribution in [2.24, 2.45) is 11.8 Å². The van der Waals surface area contributed by atoms with E-state index in [0.29, 0.717) is 12.5 Å². The Labute approximate surface area is 92.8 Å². The van der Waals surface area contributed by atoms with Crippen molar-refractivity contribution in [3.63, 3.8) is 0 Å². The number of aliphatic hydroxyl groups is 1. The fourth-order valence-electron chi connectivity index (χ4n) is 1.90. The maximum atomic E-state index is 11.2. The molecule has 3 atom stereocenters. The van der Waals surface area contributed by atoms with Crippen molar-refractivity contribution >= 4 is 5.97 Å². The molecule has 3 heteroatoms. The van der Waals surface area contributed by atoms with E-state index < -0.39 is 6.10 Å². The van der Waals surface area contributed by atoms with Gasteiger partial charge in [0.25, 0.3) is 0 Å². The lowest BCUT2D eigenvalue weighted by atomic mass is 9.84. The van der Waals surface area contributed by atoms with Gasteiger partial charge in [0, 0.05) is 0 Å². The molecule has 0 fully saturated rings. The maximum absolute atomic E-state index is 11.2. The van der Waals surface area contributed by atoms with E-state index in [4.69, 9.17) is 4.74 Å². The van der Waals surface area contributed by atoms with E-state index >= 15 is 0 Å². The van der Waals surface area contributed by atoms with Crippen LogP contribution in [0.15, 0.2) is 0 Å². The summed E-state index contributed by atoms with van der Waals surface area (Å²) in [6.45, 7) is 8.42. The second kappa shape index (κ2) is 7.69. The zero-order chi connectivity index (χ0) is 11.8. The van der Waals surface area contributed by atoms with E-state index in [1.807, 2.05) is 6.92 Å². The zero-order valence-corrected chi connectivity index (χ0v) is 10.3. The molecule has 0 aromatic carbocycles. The molecule has 0 radical (unpaired) electrons. The Morgan fingerprint density at radius 1 is 1.27 bits per heavy atom. The van der Waals surface area contributed by atoms with Gasteiger partial charge in [-0.25, -0.2) is 0 Å². The van der Waals surface area contributed by atoms with E-state index in [1.165, 1.54) is 0 Å². The van der Waals surface area contributed by atoms with Crippen LogP contribution in [0.25, 0.3) is 0 Å².